The molecule has 0 aliphatic heterocycles. The largest absolute Gasteiger partial charge is 0.392 e. The van der Waals surface area contributed by atoms with Crippen molar-refractivity contribution in [3.8, 4) is 0 Å². The smallest absolute Gasteiger partial charge is 0.237 e. The second-order valence-electron chi connectivity index (χ2n) is 4.61. The van der Waals surface area contributed by atoms with Crippen LogP contribution in [0.25, 0.3) is 0 Å². The first-order valence-corrected chi connectivity index (χ1v) is 6.30. The van der Waals surface area contributed by atoms with Crippen LogP contribution in [0.15, 0.2) is 24.3 Å². The minimum absolute atomic E-state index is 0. The Balaban J connectivity index is 0.00000324. The second-order valence-corrected chi connectivity index (χ2v) is 4.61. The van der Waals surface area contributed by atoms with Gasteiger partial charge in [0.25, 0.3) is 0 Å². The average Bonchev–Trinajstić information content (AvgIpc) is 2.43. The van der Waals surface area contributed by atoms with Crippen molar-refractivity contribution in [2.75, 3.05) is 0 Å². The topological polar surface area (TPSA) is 75.4 Å². The minimum atomic E-state index is -0.462. The SMILES string of the molecule is CCC(C)C(N)C(=O)NCc1cccc(CO)c1.Cl. The van der Waals surface area contributed by atoms with E-state index < -0.39 is 6.04 Å². The van der Waals surface area contributed by atoms with E-state index in [-0.39, 0.29) is 30.8 Å². The molecule has 4 nitrogen and oxygen atoms in total. The summed E-state index contributed by atoms with van der Waals surface area (Å²) in [5.74, 6) is 0.0486. The van der Waals surface area contributed by atoms with Crippen LogP contribution in [0.5, 0.6) is 0 Å². The fraction of sp³-hybridized carbons (Fsp3) is 0.500. The molecule has 1 aromatic rings. The van der Waals surface area contributed by atoms with Gasteiger partial charge in [0.1, 0.15) is 0 Å². The molecule has 2 atom stereocenters. The molecule has 1 aromatic carbocycles. The van der Waals surface area contributed by atoms with Gasteiger partial charge in [0, 0.05) is 6.54 Å². The van der Waals surface area contributed by atoms with E-state index in [0.29, 0.717) is 6.54 Å². The molecule has 0 saturated carbocycles. The Morgan fingerprint density at radius 3 is 2.63 bits per heavy atom. The van der Waals surface area contributed by atoms with Crippen LogP contribution in [-0.2, 0) is 17.9 Å². The predicted molar refractivity (Wildman–Crippen MR) is 78.9 cm³/mol. The molecule has 2 unspecified atom stereocenters. The third-order valence-corrected chi connectivity index (χ3v) is 3.20. The van der Waals surface area contributed by atoms with Crippen LogP contribution >= 0.6 is 12.4 Å². The highest BCUT2D eigenvalue weighted by atomic mass is 35.5. The molecule has 0 radical (unpaired) electrons. The molecule has 0 aliphatic carbocycles. The minimum Gasteiger partial charge on any atom is -0.392 e. The summed E-state index contributed by atoms with van der Waals surface area (Å²) in [6, 6.07) is 7.03. The Morgan fingerprint density at radius 1 is 1.42 bits per heavy atom. The Morgan fingerprint density at radius 2 is 2.05 bits per heavy atom. The Labute approximate surface area is 120 Å². The van der Waals surface area contributed by atoms with Crippen molar-refractivity contribution in [2.24, 2.45) is 11.7 Å². The summed E-state index contributed by atoms with van der Waals surface area (Å²) in [5, 5.41) is 11.8. The van der Waals surface area contributed by atoms with Gasteiger partial charge in [-0.1, -0.05) is 44.5 Å². The molecule has 1 amide bonds. The molecule has 0 fully saturated rings. The molecular formula is C14H23ClN2O2. The van der Waals surface area contributed by atoms with Crippen molar-refractivity contribution in [2.45, 2.75) is 39.5 Å². The number of nitrogens with one attached hydrogen (secondary N) is 1. The first kappa shape index (κ1) is 17.9. The van der Waals surface area contributed by atoms with Gasteiger partial charge in [-0.25, -0.2) is 0 Å². The summed E-state index contributed by atoms with van der Waals surface area (Å²) < 4.78 is 0. The zero-order chi connectivity index (χ0) is 13.5. The van der Waals surface area contributed by atoms with Crippen molar-refractivity contribution in [3.05, 3.63) is 35.4 Å². The van der Waals surface area contributed by atoms with E-state index >= 15 is 0 Å². The molecule has 1 rings (SSSR count). The summed E-state index contributed by atoms with van der Waals surface area (Å²) in [6.07, 6.45) is 0.884. The molecule has 0 aromatic heterocycles. The number of carbonyl (C=O) groups excluding carboxylic acids is 1. The van der Waals surface area contributed by atoms with Crippen molar-refractivity contribution >= 4 is 18.3 Å². The summed E-state index contributed by atoms with van der Waals surface area (Å²) in [6.45, 7) is 4.43. The lowest BCUT2D eigenvalue weighted by Crippen LogP contribution is -2.44. The van der Waals surface area contributed by atoms with Crippen LogP contribution in [0.2, 0.25) is 0 Å². The van der Waals surface area contributed by atoms with Crippen molar-refractivity contribution in [3.63, 3.8) is 0 Å². The average molecular weight is 287 g/mol. The monoisotopic (exact) mass is 286 g/mol. The highest BCUT2D eigenvalue weighted by molar-refractivity contribution is 5.85. The van der Waals surface area contributed by atoms with Gasteiger partial charge in [-0.2, -0.15) is 0 Å². The molecule has 4 N–H and O–H groups in total. The maximum Gasteiger partial charge on any atom is 0.237 e. The Kier molecular flexibility index (Phi) is 8.39. The molecule has 0 spiro atoms. The van der Waals surface area contributed by atoms with E-state index in [0.717, 1.165) is 17.5 Å². The standard InChI is InChI=1S/C14H22N2O2.ClH/c1-3-10(2)13(15)14(18)16-8-11-5-4-6-12(7-11)9-17;/h4-7,10,13,17H,3,8-9,15H2,1-2H3,(H,16,18);1H. The summed E-state index contributed by atoms with van der Waals surface area (Å²) in [4.78, 5) is 11.8. The zero-order valence-electron chi connectivity index (χ0n) is 11.4. The van der Waals surface area contributed by atoms with Gasteiger partial charge in [-0.05, 0) is 17.0 Å². The van der Waals surface area contributed by atoms with E-state index in [1.807, 2.05) is 38.1 Å². The number of carbonyl (C=O) groups is 1. The molecule has 0 aliphatic rings. The fourth-order valence-corrected chi connectivity index (χ4v) is 1.66. The Bertz CT molecular complexity index is 399. The van der Waals surface area contributed by atoms with Gasteiger partial charge in [0.05, 0.1) is 12.6 Å². The molecule has 0 bridgehead atoms. The molecule has 0 heterocycles. The van der Waals surface area contributed by atoms with E-state index in [9.17, 15) is 4.79 Å². The van der Waals surface area contributed by atoms with Gasteiger partial charge in [0.15, 0.2) is 0 Å². The molecule has 19 heavy (non-hydrogen) atoms. The lowest BCUT2D eigenvalue weighted by atomic mass is 9.99. The molecule has 5 heteroatoms. The first-order chi connectivity index (χ1) is 8.58. The van der Waals surface area contributed by atoms with Gasteiger partial charge in [-0.15, -0.1) is 12.4 Å². The molecular weight excluding hydrogens is 264 g/mol. The maximum absolute atomic E-state index is 11.8. The van der Waals surface area contributed by atoms with Gasteiger partial charge in [-0.3, -0.25) is 4.79 Å². The van der Waals surface area contributed by atoms with Gasteiger partial charge in [0.2, 0.25) is 5.91 Å². The summed E-state index contributed by atoms with van der Waals surface area (Å²) >= 11 is 0. The number of hydrogen-bond acceptors (Lipinski definition) is 3. The number of hydrogen-bond donors (Lipinski definition) is 3. The third kappa shape index (κ3) is 5.59. The maximum atomic E-state index is 11.8. The highest BCUT2D eigenvalue weighted by Gasteiger charge is 2.18. The Hall–Kier alpha value is -1.10. The predicted octanol–water partition coefficient (Wildman–Crippen LogP) is 1.59. The molecule has 0 saturated heterocycles. The number of nitrogens with two attached hydrogens (primary N) is 1. The lowest BCUT2D eigenvalue weighted by molar-refractivity contribution is -0.123. The summed E-state index contributed by atoms with van der Waals surface area (Å²) in [5.41, 5.74) is 7.64. The zero-order valence-corrected chi connectivity index (χ0v) is 12.2. The second kappa shape index (κ2) is 8.91. The third-order valence-electron chi connectivity index (χ3n) is 3.20. The van der Waals surface area contributed by atoms with Gasteiger partial charge < -0.3 is 16.2 Å². The van der Waals surface area contributed by atoms with Crippen LogP contribution in [0.1, 0.15) is 31.4 Å². The van der Waals surface area contributed by atoms with Crippen LogP contribution in [-0.4, -0.2) is 17.1 Å². The van der Waals surface area contributed by atoms with Crippen LogP contribution in [0, 0.1) is 5.92 Å². The van der Waals surface area contributed by atoms with Gasteiger partial charge >= 0.3 is 0 Å². The number of benzene rings is 1. The van der Waals surface area contributed by atoms with E-state index in [4.69, 9.17) is 10.8 Å². The normalized spacial score (nSPS) is 13.3. The number of aliphatic hydroxyl groups is 1. The lowest BCUT2D eigenvalue weighted by Gasteiger charge is -2.17. The number of aliphatic hydroxyl groups excluding tert-OH is 1. The highest BCUT2D eigenvalue weighted by Crippen LogP contribution is 2.07. The van der Waals surface area contributed by atoms with Crippen molar-refractivity contribution in [1.82, 2.24) is 5.32 Å². The quantitative estimate of drug-likeness (QED) is 0.743. The summed E-state index contributed by atoms with van der Waals surface area (Å²) in [7, 11) is 0. The van der Waals surface area contributed by atoms with E-state index in [2.05, 4.69) is 5.32 Å². The van der Waals surface area contributed by atoms with Crippen LogP contribution < -0.4 is 11.1 Å². The van der Waals surface area contributed by atoms with Crippen LogP contribution in [0.3, 0.4) is 0 Å². The number of halogens is 1. The van der Waals surface area contributed by atoms with Crippen molar-refractivity contribution in [1.29, 1.82) is 0 Å². The fourth-order valence-electron chi connectivity index (χ4n) is 1.66. The number of amides is 1. The van der Waals surface area contributed by atoms with E-state index in [1.165, 1.54) is 0 Å². The number of rotatable bonds is 6. The van der Waals surface area contributed by atoms with Crippen molar-refractivity contribution < 1.29 is 9.90 Å². The first-order valence-electron chi connectivity index (χ1n) is 6.30. The molecule has 108 valence electrons. The van der Waals surface area contributed by atoms with E-state index in [1.54, 1.807) is 0 Å². The van der Waals surface area contributed by atoms with Crippen LogP contribution in [0.4, 0.5) is 0 Å².